The zero-order valence-corrected chi connectivity index (χ0v) is 12.5. The molecular weight excluding hydrogens is 267 g/mol. The van der Waals surface area contributed by atoms with Gasteiger partial charge in [-0.2, -0.15) is 0 Å². The summed E-state index contributed by atoms with van der Waals surface area (Å²) in [5, 5.41) is 0. The van der Waals surface area contributed by atoms with Crippen LogP contribution in [0.3, 0.4) is 0 Å². The van der Waals surface area contributed by atoms with Gasteiger partial charge in [0.1, 0.15) is 10.7 Å². The van der Waals surface area contributed by atoms with E-state index in [1.54, 1.807) is 0 Å². The molecule has 3 N–H and O–H groups in total. The van der Waals surface area contributed by atoms with Crippen molar-refractivity contribution in [2.75, 3.05) is 12.3 Å². The summed E-state index contributed by atoms with van der Waals surface area (Å²) in [7, 11) is -3.93. The highest BCUT2D eigenvalue weighted by atomic mass is 32.2. The molecule has 4 nitrogen and oxygen atoms in total. The van der Waals surface area contributed by atoms with E-state index in [9.17, 15) is 12.8 Å². The van der Waals surface area contributed by atoms with Crippen LogP contribution in [0.1, 0.15) is 27.7 Å². The summed E-state index contributed by atoms with van der Waals surface area (Å²) in [6, 6.07) is 3.82. The molecule has 1 aromatic carbocycles. The minimum absolute atomic E-state index is 0.0384. The summed E-state index contributed by atoms with van der Waals surface area (Å²) in [5.74, 6) is -0.730. The van der Waals surface area contributed by atoms with E-state index in [1.807, 2.05) is 27.7 Å². The van der Waals surface area contributed by atoms with Crippen LogP contribution in [-0.2, 0) is 10.0 Å². The smallest absolute Gasteiger partial charge is 0.245 e. The number of hydrogen-bond donors (Lipinski definition) is 2. The first kappa shape index (κ1) is 15.9. The first-order valence-corrected chi connectivity index (χ1v) is 7.57. The van der Waals surface area contributed by atoms with Gasteiger partial charge in [-0.15, -0.1) is 0 Å². The van der Waals surface area contributed by atoms with Gasteiger partial charge in [-0.25, -0.2) is 17.5 Å². The summed E-state index contributed by atoms with van der Waals surface area (Å²) in [5.41, 5.74) is 5.42. The molecule has 6 heteroatoms. The van der Waals surface area contributed by atoms with Crippen LogP contribution in [0.2, 0.25) is 0 Å². The van der Waals surface area contributed by atoms with Crippen LogP contribution >= 0.6 is 0 Å². The number of hydrogen-bond acceptors (Lipinski definition) is 3. The van der Waals surface area contributed by atoms with Gasteiger partial charge in [-0.3, -0.25) is 0 Å². The quantitative estimate of drug-likeness (QED) is 0.835. The zero-order valence-electron chi connectivity index (χ0n) is 11.7. The van der Waals surface area contributed by atoms with Crippen molar-refractivity contribution in [1.29, 1.82) is 0 Å². The average Bonchev–Trinajstić information content (AvgIpc) is 2.24. The lowest BCUT2D eigenvalue weighted by Gasteiger charge is -2.27. The highest BCUT2D eigenvalue weighted by Gasteiger charge is 2.25. The molecule has 0 aliphatic carbocycles. The second-order valence-electron chi connectivity index (χ2n) is 5.78. The van der Waals surface area contributed by atoms with Gasteiger partial charge in [0.15, 0.2) is 0 Å². The molecule has 0 radical (unpaired) electrons. The second kappa shape index (κ2) is 5.46. The Kier molecular flexibility index (Phi) is 4.58. The van der Waals surface area contributed by atoms with Gasteiger partial charge < -0.3 is 5.73 Å². The topological polar surface area (TPSA) is 72.2 Å². The van der Waals surface area contributed by atoms with Crippen LogP contribution in [0, 0.1) is 17.2 Å². The maximum absolute atomic E-state index is 13.6. The highest BCUT2D eigenvalue weighted by molar-refractivity contribution is 7.89. The zero-order chi connectivity index (χ0) is 14.8. The number of anilines is 1. The van der Waals surface area contributed by atoms with Crippen LogP contribution in [0.15, 0.2) is 23.1 Å². The fourth-order valence-corrected chi connectivity index (χ4v) is 2.74. The van der Waals surface area contributed by atoms with Crippen LogP contribution in [0.25, 0.3) is 0 Å². The van der Waals surface area contributed by atoms with Gasteiger partial charge in [0.05, 0.1) is 5.69 Å². The molecule has 0 saturated carbocycles. The number of nitrogen functional groups attached to an aromatic ring is 1. The minimum Gasteiger partial charge on any atom is -0.398 e. The number of nitrogens with one attached hydrogen (secondary N) is 1. The Morgan fingerprint density at radius 2 is 1.95 bits per heavy atom. The van der Waals surface area contributed by atoms with E-state index < -0.39 is 20.7 Å². The van der Waals surface area contributed by atoms with Gasteiger partial charge >= 0.3 is 0 Å². The Labute approximate surface area is 114 Å². The largest absolute Gasteiger partial charge is 0.398 e. The molecule has 0 bridgehead atoms. The summed E-state index contributed by atoms with van der Waals surface area (Å²) >= 11 is 0. The molecule has 0 aromatic heterocycles. The van der Waals surface area contributed by atoms with Crippen molar-refractivity contribution in [2.45, 2.75) is 32.6 Å². The van der Waals surface area contributed by atoms with Gasteiger partial charge in [-0.1, -0.05) is 33.8 Å². The summed E-state index contributed by atoms with van der Waals surface area (Å²) in [4.78, 5) is -0.476. The van der Waals surface area contributed by atoms with E-state index in [0.29, 0.717) is 0 Å². The standard InChI is InChI=1S/C13H21FN2O2S/c1-9(13(2,3)4)8-16-19(17,18)12-10(14)6-5-7-11(12)15/h5-7,9,16H,8,15H2,1-4H3. The van der Waals surface area contributed by atoms with Gasteiger partial charge in [0, 0.05) is 6.54 Å². The van der Waals surface area contributed by atoms with Crippen molar-refractivity contribution in [3.63, 3.8) is 0 Å². The Bertz CT molecular complexity index is 530. The normalized spacial score (nSPS) is 14.4. The lowest BCUT2D eigenvalue weighted by molar-refractivity contribution is 0.263. The van der Waals surface area contributed by atoms with Gasteiger partial charge in [-0.05, 0) is 23.5 Å². The second-order valence-corrected chi connectivity index (χ2v) is 7.48. The average molecular weight is 288 g/mol. The highest BCUT2D eigenvalue weighted by Crippen LogP contribution is 2.26. The predicted octanol–water partition coefficient (Wildman–Crippen LogP) is 2.37. The molecular formula is C13H21FN2O2S. The monoisotopic (exact) mass is 288 g/mol. The predicted molar refractivity (Wildman–Crippen MR) is 74.6 cm³/mol. The summed E-state index contributed by atoms with van der Waals surface area (Å²) < 4.78 is 40.2. The van der Waals surface area contributed by atoms with E-state index in [1.165, 1.54) is 12.1 Å². The van der Waals surface area contributed by atoms with Crippen LogP contribution in [0.5, 0.6) is 0 Å². The third kappa shape index (κ3) is 3.91. The first-order chi connectivity index (χ1) is 8.55. The Morgan fingerprint density at radius 3 is 2.42 bits per heavy atom. The van der Waals surface area contributed by atoms with Crippen molar-refractivity contribution in [1.82, 2.24) is 4.72 Å². The molecule has 0 fully saturated rings. The number of nitrogens with two attached hydrogens (primary N) is 1. The van der Waals surface area contributed by atoms with E-state index in [-0.39, 0.29) is 23.6 Å². The molecule has 0 aliphatic heterocycles. The molecule has 0 aliphatic rings. The molecule has 0 heterocycles. The van der Waals surface area contributed by atoms with Gasteiger partial charge in [0.25, 0.3) is 0 Å². The molecule has 108 valence electrons. The van der Waals surface area contributed by atoms with E-state index >= 15 is 0 Å². The van der Waals surface area contributed by atoms with Gasteiger partial charge in [0.2, 0.25) is 10.0 Å². The maximum Gasteiger partial charge on any atom is 0.245 e. The van der Waals surface area contributed by atoms with Crippen LogP contribution < -0.4 is 10.5 Å². The van der Waals surface area contributed by atoms with Crippen molar-refractivity contribution >= 4 is 15.7 Å². The minimum atomic E-state index is -3.93. The molecule has 0 saturated heterocycles. The van der Waals surface area contributed by atoms with Crippen molar-refractivity contribution in [3.05, 3.63) is 24.0 Å². The molecule has 19 heavy (non-hydrogen) atoms. The van der Waals surface area contributed by atoms with Crippen molar-refractivity contribution < 1.29 is 12.8 Å². The molecule has 0 spiro atoms. The number of halogens is 1. The van der Waals surface area contributed by atoms with E-state index in [0.717, 1.165) is 6.07 Å². The fourth-order valence-electron chi connectivity index (χ4n) is 1.42. The number of sulfonamides is 1. The lowest BCUT2D eigenvalue weighted by Crippen LogP contribution is -2.34. The Morgan fingerprint density at radius 1 is 1.37 bits per heavy atom. The number of benzene rings is 1. The molecule has 1 rings (SSSR count). The van der Waals surface area contributed by atoms with Crippen LogP contribution in [0.4, 0.5) is 10.1 Å². The molecule has 1 unspecified atom stereocenters. The first-order valence-electron chi connectivity index (χ1n) is 6.09. The van der Waals surface area contributed by atoms with E-state index in [4.69, 9.17) is 5.73 Å². The molecule has 0 amide bonds. The fraction of sp³-hybridized carbons (Fsp3) is 0.538. The van der Waals surface area contributed by atoms with Crippen LogP contribution in [-0.4, -0.2) is 15.0 Å². The SMILES string of the molecule is CC(CNS(=O)(=O)c1c(N)cccc1F)C(C)(C)C. The summed E-state index contributed by atoms with van der Waals surface area (Å²) in [6.45, 7) is 8.23. The Hall–Kier alpha value is -1.14. The molecule has 1 atom stereocenters. The number of rotatable bonds is 4. The third-order valence-corrected chi connectivity index (χ3v) is 4.84. The summed E-state index contributed by atoms with van der Waals surface area (Å²) in [6.07, 6.45) is 0. The molecule has 1 aromatic rings. The van der Waals surface area contributed by atoms with Crippen molar-refractivity contribution in [3.8, 4) is 0 Å². The maximum atomic E-state index is 13.6. The lowest BCUT2D eigenvalue weighted by atomic mass is 9.82. The third-order valence-electron chi connectivity index (χ3n) is 3.32. The Balaban J connectivity index is 2.95. The van der Waals surface area contributed by atoms with E-state index in [2.05, 4.69) is 4.72 Å². The van der Waals surface area contributed by atoms with Crippen molar-refractivity contribution in [2.24, 2.45) is 11.3 Å².